The van der Waals surface area contributed by atoms with E-state index in [-0.39, 0.29) is 11.6 Å². The molecule has 1 aliphatic rings. The highest BCUT2D eigenvalue weighted by Crippen LogP contribution is 2.31. The first-order valence-electron chi connectivity index (χ1n) is 8.05. The Balaban J connectivity index is 1.90. The van der Waals surface area contributed by atoms with E-state index in [2.05, 4.69) is 34.7 Å². The van der Waals surface area contributed by atoms with Gasteiger partial charge in [-0.3, -0.25) is 9.36 Å². The average Bonchev–Trinajstić information content (AvgIpc) is 3.21. The van der Waals surface area contributed by atoms with E-state index in [9.17, 15) is 4.79 Å². The van der Waals surface area contributed by atoms with Gasteiger partial charge in [-0.15, -0.1) is 22.7 Å². The Labute approximate surface area is 142 Å². The molecule has 23 heavy (non-hydrogen) atoms. The topological polar surface area (TPSA) is 46.9 Å². The number of thiophene rings is 2. The zero-order valence-corrected chi connectivity index (χ0v) is 14.7. The van der Waals surface area contributed by atoms with E-state index < -0.39 is 0 Å². The molecule has 0 aromatic carbocycles. The Kier molecular flexibility index (Phi) is 4.05. The molecule has 120 valence electrons. The lowest BCUT2D eigenvalue weighted by molar-refractivity contribution is 0.522. The highest BCUT2D eigenvalue weighted by atomic mass is 32.1. The van der Waals surface area contributed by atoms with Crippen molar-refractivity contribution in [1.29, 1.82) is 0 Å². The van der Waals surface area contributed by atoms with Crippen LogP contribution in [0.3, 0.4) is 0 Å². The molecule has 6 heteroatoms. The summed E-state index contributed by atoms with van der Waals surface area (Å²) in [7, 11) is 0. The predicted octanol–water partition coefficient (Wildman–Crippen LogP) is 3.55. The van der Waals surface area contributed by atoms with Crippen LogP contribution in [-0.2, 0) is 13.0 Å². The maximum Gasteiger partial charge on any atom is 0.262 e. The van der Waals surface area contributed by atoms with Crippen LogP contribution in [0.1, 0.15) is 41.1 Å². The fraction of sp³-hybridized carbons (Fsp3) is 0.412. The SMILES string of the molecule is CCCC(c1cccs1)n1cnc2sc3c(c2c1=O)CCNC3. The Morgan fingerprint density at radius 2 is 2.39 bits per heavy atom. The second-order valence-corrected chi connectivity index (χ2v) is 7.95. The molecule has 1 aliphatic heterocycles. The number of rotatable bonds is 4. The molecule has 0 spiro atoms. The summed E-state index contributed by atoms with van der Waals surface area (Å²) in [6, 6.07) is 4.27. The molecule has 0 bridgehead atoms. The van der Waals surface area contributed by atoms with Gasteiger partial charge in [0.05, 0.1) is 17.8 Å². The molecule has 0 saturated carbocycles. The quantitative estimate of drug-likeness (QED) is 0.786. The number of nitrogens with one attached hydrogen (secondary N) is 1. The minimum absolute atomic E-state index is 0.0988. The molecule has 4 rings (SSSR count). The van der Waals surface area contributed by atoms with Crippen molar-refractivity contribution in [2.45, 2.75) is 38.8 Å². The van der Waals surface area contributed by atoms with Gasteiger partial charge in [-0.1, -0.05) is 19.4 Å². The normalized spacial score (nSPS) is 15.7. The van der Waals surface area contributed by atoms with Crippen LogP contribution in [0, 0.1) is 0 Å². The minimum Gasteiger partial charge on any atom is -0.312 e. The van der Waals surface area contributed by atoms with E-state index in [0.29, 0.717) is 0 Å². The van der Waals surface area contributed by atoms with E-state index in [1.165, 1.54) is 15.3 Å². The van der Waals surface area contributed by atoms with Gasteiger partial charge in [0.15, 0.2) is 0 Å². The van der Waals surface area contributed by atoms with Gasteiger partial charge in [0, 0.05) is 16.3 Å². The molecular weight excluding hydrogens is 326 g/mol. The van der Waals surface area contributed by atoms with Crippen LogP contribution in [0.5, 0.6) is 0 Å². The van der Waals surface area contributed by atoms with Crippen LogP contribution in [-0.4, -0.2) is 16.1 Å². The van der Waals surface area contributed by atoms with E-state index in [1.54, 1.807) is 29.0 Å². The van der Waals surface area contributed by atoms with Crippen molar-refractivity contribution in [3.63, 3.8) is 0 Å². The first kappa shape index (κ1) is 15.1. The van der Waals surface area contributed by atoms with Gasteiger partial charge in [-0.05, 0) is 36.4 Å². The number of nitrogens with zero attached hydrogens (tertiary/aromatic N) is 2. The van der Waals surface area contributed by atoms with E-state index in [1.807, 2.05) is 4.57 Å². The van der Waals surface area contributed by atoms with Crippen molar-refractivity contribution in [3.05, 3.63) is 49.5 Å². The standard InChI is InChI=1S/C17H19N3OS2/c1-2-4-12(13-5-3-8-22-13)20-10-19-16-15(17(20)21)11-6-7-18-9-14(11)23-16/h3,5,8,10,12,18H,2,4,6-7,9H2,1H3. The van der Waals surface area contributed by atoms with Crippen LogP contribution in [0.2, 0.25) is 0 Å². The maximum absolute atomic E-state index is 13.2. The van der Waals surface area contributed by atoms with Crippen LogP contribution < -0.4 is 10.9 Å². The fourth-order valence-electron chi connectivity index (χ4n) is 3.32. The van der Waals surface area contributed by atoms with Crippen LogP contribution in [0.25, 0.3) is 10.2 Å². The van der Waals surface area contributed by atoms with Crippen molar-refractivity contribution in [2.75, 3.05) is 6.54 Å². The summed E-state index contributed by atoms with van der Waals surface area (Å²) in [6.07, 6.45) is 4.67. The molecule has 1 unspecified atom stereocenters. The zero-order chi connectivity index (χ0) is 15.8. The second-order valence-electron chi connectivity index (χ2n) is 5.89. The lowest BCUT2D eigenvalue weighted by Gasteiger charge is -2.18. The third kappa shape index (κ3) is 2.55. The van der Waals surface area contributed by atoms with Gasteiger partial charge in [0.1, 0.15) is 4.83 Å². The van der Waals surface area contributed by atoms with Gasteiger partial charge in [0.25, 0.3) is 5.56 Å². The van der Waals surface area contributed by atoms with Crippen molar-refractivity contribution in [2.24, 2.45) is 0 Å². The highest BCUT2D eigenvalue weighted by molar-refractivity contribution is 7.18. The maximum atomic E-state index is 13.2. The summed E-state index contributed by atoms with van der Waals surface area (Å²) in [5.41, 5.74) is 1.35. The first-order valence-corrected chi connectivity index (χ1v) is 9.74. The van der Waals surface area contributed by atoms with Crippen LogP contribution in [0.15, 0.2) is 28.6 Å². The van der Waals surface area contributed by atoms with E-state index >= 15 is 0 Å². The van der Waals surface area contributed by atoms with Crippen LogP contribution in [0.4, 0.5) is 0 Å². The van der Waals surface area contributed by atoms with E-state index in [0.717, 1.165) is 42.6 Å². The number of hydrogen-bond acceptors (Lipinski definition) is 5. The summed E-state index contributed by atoms with van der Waals surface area (Å²) >= 11 is 3.38. The molecule has 0 fully saturated rings. The smallest absolute Gasteiger partial charge is 0.262 e. The Hall–Kier alpha value is -1.50. The second kappa shape index (κ2) is 6.19. The van der Waals surface area contributed by atoms with Crippen molar-refractivity contribution >= 4 is 32.9 Å². The first-order chi connectivity index (χ1) is 11.3. The number of aromatic nitrogens is 2. The molecule has 0 aliphatic carbocycles. The molecule has 4 nitrogen and oxygen atoms in total. The molecular formula is C17H19N3OS2. The summed E-state index contributed by atoms with van der Waals surface area (Å²) < 4.78 is 1.85. The summed E-state index contributed by atoms with van der Waals surface area (Å²) in [6.45, 7) is 3.96. The molecule has 1 atom stereocenters. The highest BCUT2D eigenvalue weighted by Gasteiger charge is 2.22. The van der Waals surface area contributed by atoms with Gasteiger partial charge in [0.2, 0.25) is 0 Å². The fourth-order valence-corrected chi connectivity index (χ4v) is 5.33. The number of hydrogen-bond donors (Lipinski definition) is 1. The number of fused-ring (bicyclic) bond motifs is 3. The monoisotopic (exact) mass is 345 g/mol. The third-order valence-corrected chi connectivity index (χ3v) is 6.54. The molecule has 0 radical (unpaired) electrons. The molecule has 0 amide bonds. The minimum atomic E-state index is 0.0988. The Bertz CT molecular complexity index is 879. The largest absolute Gasteiger partial charge is 0.312 e. The zero-order valence-electron chi connectivity index (χ0n) is 13.0. The lowest BCUT2D eigenvalue weighted by Crippen LogP contribution is -2.27. The lowest BCUT2D eigenvalue weighted by atomic mass is 10.1. The van der Waals surface area contributed by atoms with Gasteiger partial charge in [-0.2, -0.15) is 0 Å². The molecule has 4 heterocycles. The van der Waals surface area contributed by atoms with Crippen LogP contribution >= 0.6 is 22.7 Å². The molecule has 1 N–H and O–H groups in total. The van der Waals surface area contributed by atoms with Crippen molar-refractivity contribution in [1.82, 2.24) is 14.9 Å². The van der Waals surface area contributed by atoms with Crippen molar-refractivity contribution < 1.29 is 0 Å². The molecule has 0 saturated heterocycles. The average molecular weight is 345 g/mol. The van der Waals surface area contributed by atoms with Crippen molar-refractivity contribution in [3.8, 4) is 0 Å². The Morgan fingerprint density at radius 1 is 1.48 bits per heavy atom. The summed E-state index contributed by atoms with van der Waals surface area (Å²) in [5, 5.41) is 6.31. The Morgan fingerprint density at radius 3 is 3.17 bits per heavy atom. The molecule has 3 aromatic heterocycles. The van der Waals surface area contributed by atoms with Gasteiger partial charge in [-0.25, -0.2) is 4.98 Å². The predicted molar refractivity (Wildman–Crippen MR) is 96.7 cm³/mol. The van der Waals surface area contributed by atoms with Gasteiger partial charge >= 0.3 is 0 Å². The molecule has 3 aromatic rings. The summed E-state index contributed by atoms with van der Waals surface area (Å²) in [4.78, 5) is 21.2. The summed E-state index contributed by atoms with van der Waals surface area (Å²) in [5.74, 6) is 0. The van der Waals surface area contributed by atoms with Gasteiger partial charge < -0.3 is 5.32 Å². The van der Waals surface area contributed by atoms with E-state index in [4.69, 9.17) is 0 Å². The third-order valence-electron chi connectivity index (χ3n) is 4.43.